The third-order valence-electron chi connectivity index (χ3n) is 1.31. The molecule has 0 bridgehead atoms. The van der Waals surface area contributed by atoms with Crippen LogP contribution in [0.4, 0.5) is 8.78 Å². The van der Waals surface area contributed by atoms with Gasteiger partial charge in [-0.2, -0.15) is 10.4 Å². The fraction of sp³-hybridized carbons (Fsp3) is 0.333. The van der Waals surface area contributed by atoms with E-state index in [2.05, 4.69) is 5.10 Å². The molecule has 0 aliphatic rings. The summed E-state index contributed by atoms with van der Waals surface area (Å²) in [6.45, 7) is 0. The average molecular weight is 157 g/mol. The van der Waals surface area contributed by atoms with Gasteiger partial charge in [-0.1, -0.05) is 0 Å². The third-order valence-corrected chi connectivity index (χ3v) is 1.31. The van der Waals surface area contributed by atoms with E-state index in [0.717, 1.165) is 10.9 Å². The molecule has 0 amide bonds. The first-order valence-corrected chi connectivity index (χ1v) is 2.87. The molecule has 11 heavy (non-hydrogen) atoms. The molecule has 3 nitrogen and oxygen atoms in total. The molecule has 1 aromatic rings. The average Bonchev–Trinajstić information content (AvgIpc) is 2.30. The van der Waals surface area contributed by atoms with Crippen LogP contribution in [0.2, 0.25) is 0 Å². The first-order valence-electron chi connectivity index (χ1n) is 2.87. The van der Waals surface area contributed by atoms with Gasteiger partial charge < -0.3 is 0 Å². The largest absolute Gasteiger partial charge is 0.268 e. The molecular weight excluding hydrogens is 152 g/mol. The number of aromatic nitrogens is 2. The van der Waals surface area contributed by atoms with Crippen molar-refractivity contribution >= 4 is 0 Å². The minimum absolute atomic E-state index is 0.0833. The van der Waals surface area contributed by atoms with Crippen LogP contribution in [0.1, 0.15) is 17.7 Å². The molecule has 0 atom stereocenters. The highest BCUT2D eigenvalue weighted by Gasteiger charge is 2.16. The smallest absolute Gasteiger partial charge is 0.257 e. The van der Waals surface area contributed by atoms with Gasteiger partial charge in [0, 0.05) is 7.05 Å². The summed E-state index contributed by atoms with van der Waals surface area (Å²) in [5.74, 6) is 0. The number of hydrogen-bond donors (Lipinski definition) is 0. The first-order chi connectivity index (χ1) is 5.16. The molecule has 0 spiro atoms. The molecule has 1 heterocycles. The monoisotopic (exact) mass is 157 g/mol. The lowest BCUT2D eigenvalue weighted by Gasteiger charge is -1.93. The van der Waals surface area contributed by atoms with Crippen LogP contribution in [0.25, 0.3) is 0 Å². The topological polar surface area (TPSA) is 41.6 Å². The number of rotatable bonds is 1. The molecule has 0 radical (unpaired) electrons. The molecule has 0 aliphatic heterocycles. The minimum Gasteiger partial charge on any atom is -0.257 e. The molecule has 0 fully saturated rings. The van der Waals surface area contributed by atoms with E-state index in [4.69, 9.17) is 5.26 Å². The summed E-state index contributed by atoms with van der Waals surface area (Å²) in [4.78, 5) is 0. The van der Waals surface area contributed by atoms with Gasteiger partial charge in [-0.25, -0.2) is 8.78 Å². The van der Waals surface area contributed by atoms with Gasteiger partial charge in [0.05, 0.1) is 11.8 Å². The zero-order valence-corrected chi connectivity index (χ0v) is 5.75. The van der Waals surface area contributed by atoms with Gasteiger partial charge in [-0.15, -0.1) is 0 Å². The zero-order chi connectivity index (χ0) is 8.43. The van der Waals surface area contributed by atoms with Crippen LogP contribution in [0, 0.1) is 11.3 Å². The Morgan fingerprint density at radius 3 is 2.73 bits per heavy atom. The van der Waals surface area contributed by atoms with Crippen molar-refractivity contribution in [1.82, 2.24) is 9.78 Å². The normalized spacial score (nSPS) is 10.1. The van der Waals surface area contributed by atoms with Gasteiger partial charge in [0.15, 0.2) is 0 Å². The van der Waals surface area contributed by atoms with Crippen LogP contribution in [-0.4, -0.2) is 9.78 Å². The van der Waals surface area contributed by atoms with Crippen LogP contribution in [0.3, 0.4) is 0 Å². The van der Waals surface area contributed by atoms with Crippen LogP contribution in [0.15, 0.2) is 6.20 Å². The van der Waals surface area contributed by atoms with Crippen LogP contribution >= 0.6 is 0 Å². The maximum absolute atomic E-state index is 12.0. The van der Waals surface area contributed by atoms with Crippen LogP contribution in [-0.2, 0) is 7.05 Å². The standard InChI is InChI=1S/C6H5F2N3/c1-11-5(2-9)4(3-10-11)6(7)8/h3,6H,1H3. The van der Waals surface area contributed by atoms with Crippen molar-refractivity contribution in [3.05, 3.63) is 17.5 Å². The van der Waals surface area contributed by atoms with Gasteiger partial charge in [-0.05, 0) is 0 Å². The number of halogens is 2. The molecule has 5 heteroatoms. The predicted octanol–water partition coefficient (Wildman–Crippen LogP) is 1.23. The van der Waals surface area contributed by atoms with Gasteiger partial charge >= 0.3 is 0 Å². The Hall–Kier alpha value is -1.44. The second-order valence-electron chi connectivity index (χ2n) is 1.98. The highest BCUT2D eigenvalue weighted by atomic mass is 19.3. The maximum atomic E-state index is 12.0. The fourth-order valence-corrected chi connectivity index (χ4v) is 0.751. The Balaban J connectivity index is 3.19. The Kier molecular flexibility index (Phi) is 1.85. The molecule has 1 aromatic heterocycles. The highest BCUT2D eigenvalue weighted by Crippen LogP contribution is 2.20. The molecule has 0 unspecified atom stereocenters. The van der Waals surface area contributed by atoms with E-state index in [1.54, 1.807) is 6.07 Å². The molecule has 1 rings (SSSR count). The predicted molar refractivity (Wildman–Crippen MR) is 32.9 cm³/mol. The van der Waals surface area contributed by atoms with Crippen LogP contribution < -0.4 is 0 Å². The van der Waals surface area contributed by atoms with Crippen molar-refractivity contribution in [3.8, 4) is 6.07 Å². The lowest BCUT2D eigenvalue weighted by atomic mass is 10.3. The fourth-order valence-electron chi connectivity index (χ4n) is 0.751. The second-order valence-corrected chi connectivity index (χ2v) is 1.98. The first kappa shape index (κ1) is 7.66. The number of nitriles is 1. The van der Waals surface area contributed by atoms with Crippen molar-refractivity contribution in [1.29, 1.82) is 5.26 Å². The van der Waals surface area contributed by atoms with Gasteiger partial charge in [0.1, 0.15) is 11.8 Å². The van der Waals surface area contributed by atoms with Gasteiger partial charge in [-0.3, -0.25) is 4.68 Å². The van der Waals surface area contributed by atoms with E-state index >= 15 is 0 Å². The lowest BCUT2D eigenvalue weighted by molar-refractivity contribution is 0.151. The molecule has 0 aromatic carbocycles. The Labute approximate surface area is 61.9 Å². The maximum Gasteiger partial charge on any atom is 0.268 e. The van der Waals surface area contributed by atoms with Crippen molar-refractivity contribution in [2.24, 2.45) is 7.05 Å². The Bertz CT molecular complexity index is 297. The van der Waals surface area contributed by atoms with E-state index in [1.807, 2.05) is 0 Å². The number of alkyl halides is 2. The lowest BCUT2D eigenvalue weighted by Crippen LogP contribution is -1.95. The van der Waals surface area contributed by atoms with E-state index in [-0.39, 0.29) is 11.3 Å². The molecule has 58 valence electrons. The minimum atomic E-state index is -2.63. The van der Waals surface area contributed by atoms with Crippen molar-refractivity contribution in [2.75, 3.05) is 0 Å². The van der Waals surface area contributed by atoms with Crippen molar-refractivity contribution in [2.45, 2.75) is 6.43 Å². The number of nitrogens with zero attached hydrogens (tertiary/aromatic N) is 3. The summed E-state index contributed by atoms with van der Waals surface area (Å²) < 4.78 is 25.2. The third kappa shape index (κ3) is 1.19. The summed E-state index contributed by atoms with van der Waals surface area (Å²) in [6.07, 6.45) is -1.62. The van der Waals surface area contributed by atoms with E-state index < -0.39 is 6.43 Å². The van der Waals surface area contributed by atoms with Crippen molar-refractivity contribution < 1.29 is 8.78 Å². The second kappa shape index (κ2) is 2.66. The summed E-state index contributed by atoms with van der Waals surface area (Å²) in [5.41, 5.74) is -0.394. The quantitative estimate of drug-likeness (QED) is 0.615. The molecule has 0 saturated heterocycles. The summed E-state index contributed by atoms with van der Waals surface area (Å²) >= 11 is 0. The van der Waals surface area contributed by atoms with E-state index in [9.17, 15) is 8.78 Å². The van der Waals surface area contributed by atoms with E-state index in [0.29, 0.717) is 0 Å². The summed E-state index contributed by atoms with van der Waals surface area (Å²) in [5, 5.41) is 11.9. The van der Waals surface area contributed by atoms with Gasteiger partial charge in [0.2, 0.25) is 0 Å². The summed E-state index contributed by atoms with van der Waals surface area (Å²) in [6, 6.07) is 1.65. The zero-order valence-electron chi connectivity index (χ0n) is 5.75. The highest BCUT2D eigenvalue weighted by molar-refractivity contribution is 5.30. The van der Waals surface area contributed by atoms with Crippen molar-refractivity contribution in [3.63, 3.8) is 0 Å². The number of hydrogen-bond acceptors (Lipinski definition) is 2. The molecule has 0 aliphatic carbocycles. The summed E-state index contributed by atoms with van der Waals surface area (Å²) in [7, 11) is 1.45. The Morgan fingerprint density at radius 1 is 1.73 bits per heavy atom. The van der Waals surface area contributed by atoms with E-state index in [1.165, 1.54) is 7.05 Å². The number of aryl methyl sites for hydroxylation is 1. The molecule has 0 saturated carbocycles. The Morgan fingerprint density at radius 2 is 2.36 bits per heavy atom. The SMILES string of the molecule is Cn1ncc(C(F)F)c1C#N. The van der Waals surface area contributed by atoms with Crippen LogP contribution in [0.5, 0.6) is 0 Å². The molecule has 0 N–H and O–H groups in total. The molecular formula is C6H5F2N3. The van der Waals surface area contributed by atoms with Gasteiger partial charge in [0.25, 0.3) is 6.43 Å².